The summed E-state index contributed by atoms with van der Waals surface area (Å²) >= 11 is 0. The summed E-state index contributed by atoms with van der Waals surface area (Å²) in [6.45, 7) is 6.62. The predicted molar refractivity (Wildman–Crippen MR) is 120 cm³/mol. The first-order valence-corrected chi connectivity index (χ1v) is 10.2. The molecule has 0 aliphatic heterocycles. The van der Waals surface area contributed by atoms with Crippen molar-refractivity contribution >= 4 is 5.91 Å². The molecule has 0 atom stereocenters. The largest absolute Gasteiger partial charge is 0.496 e. The number of amides is 1. The molecule has 0 aliphatic carbocycles. The summed E-state index contributed by atoms with van der Waals surface area (Å²) in [5, 5.41) is 8.23. The zero-order valence-corrected chi connectivity index (χ0v) is 19.6. The van der Waals surface area contributed by atoms with Gasteiger partial charge in [0.05, 0.1) is 33.4 Å². The van der Waals surface area contributed by atoms with Crippen molar-refractivity contribution in [2.75, 3.05) is 28.4 Å². The monoisotopic (exact) mass is 439 g/mol. The maximum Gasteiger partial charge on any atom is 0.257 e. The summed E-state index contributed by atoms with van der Waals surface area (Å²) in [6, 6.07) is 11.2. The first-order valence-electron chi connectivity index (χ1n) is 10.2. The molecular formula is C24H29N3O5. The van der Waals surface area contributed by atoms with E-state index in [0.717, 1.165) is 5.56 Å². The molecule has 0 radical (unpaired) electrons. The summed E-state index contributed by atoms with van der Waals surface area (Å²) in [4.78, 5) is 14.5. The quantitative estimate of drug-likeness (QED) is 0.541. The second-order valence-electron chi connectivity index (χ2n) is 8.40. The molecule has 0 aliphatic rings. The van der Waals surface area contributed by atoms with Gasteiger partial charge < -0.3 is 23.5 Å². The summed E-state index contributed by atoms with van der Waals surface area (Å²) < 4.78 is 21.8. The number of carbonyl (C=O) groups excluding carboxylic acids is 1. The second kappa shape index (κ2) is 9.30. The van der Waals surface area contributed by atoms with Gasteiger partial charge in [-0.25, -0.2) is 0 Å². The van der Waals surface area contributed by atoms with Crippen molar-refractivity contribution in [3.05, 3.63) is 53.4 Å². The fraction of sp³-hybridized carbons (Fsp3) is 0.375. The maximum atomic E-state index is 13.1. The lowest BCUT2D eigenvalue weighted by atomic mass is 9.87. The van der Waals surface area contributed by atoms with Gasteiger partial charge in [0.2, 0.25) is 11.8 Å². The lowest BCUT2D eigenvalue weighted by Gasteiger charge is -2.19. The van der Waals surface area contributed by atoms with Crippen LogP contribution in [0.2, 0.25) is 0 Å². The van der Waals surface area contributed by atoms with Gasteiger partial charge in [0, 0.05) is 24.7 Å². The topological polar surface area (TPSA) is 86.9 Å². The van der Waals surface area contributed by atoms with Crippen molar-refractivity contribution in [1.29, 1.82) is 0 Å². The van der Waals surface area contributed by atoms with Crippen LogP contribution in [0, 0.1) is 0 Å². The van der Waals surface area contributed by atoms with E-state index in [1.807, 2.05) is 12.1 Å². The van der Waals surface area contributed by atoms with Gasteiger partial charge in [-0.2, -0.15) is 0 Å². The standard InChI is InChI=1S/C24H29N3O5/c1-24(2,3)16-10-8-15(9-11-16)22-26-25-21(32-22)14-27(4)23(28)17-12-19(30-6)20(31-7)13-18(17)29-5/h8-13H,14H2,1-7H3. The molecule has 0 unspecified atom stereocenters. The van der Waals surface area contributed by atoms with Crippen LogP contribution >= 0.6 is 0 Å². The SMILES string of the molecule is COc1cc(OC)c(C(=O)N(C)Cc2nnc(-c3ccc(C(C)(C)C)cc3)o2)cc1OC. The Morgan fingerprint density at radius 2 is 1.53 bits per heavy atom. The van der Waals surface area contributed by atoms with E-state index in [2.05, 4.69) is 43.1 Å². The fourth-order valence-electron chi connectivity index (χ4n) is 3.22. The number of nitrogens with zero attached hydrogens (tertiary/aromatic N) is 3. The minimum atomic E-state index is -0.280. The van der Waals surface area contributed by atoms with E-state index < -0.39 is 0 Å². The van der Waals surface area contributed by atoms with Crippen LogP contribution in [0.3, 0.4) is 0 Å². The molecule has 170 valence electrons. The molecule has 2 aromatic carbocycles. The van der Waals surface area contributed by atoms with Gasteiger partial charge in [-0.15, -0.1) is 10.2 Å². The van der Waals surface area contributed by atoms with Crippen LogP contribution in [-0.2, 0) is 12.0 Å². The molecule has 0 bridgehead atoms. The number of aromatic nitrogens is 2. The molecule has 0 spiro atoms. The van der Waals surface area contributed by atoms with Crippen molar-refractivity contribution < 1.29 is 23.4 Å². The molecule has 32 heavy (non-hydrogen) atoms. The lowest BCUT2D eigenvalue weighted by molar-refractivity contribution is 0.0769. The van der Waals surface area contributed by atoms with Crippen molar-refractivity contribution in [3.63, 3.8) is 0 Å². The van der Waals surface area contributed by atoms with Crippen LogP contribution in [0.4, 0.5) is 0 Å². The minimum absolute atomic E-state index is 0.0623. The van der Waals surface area contributed by atoms with Gasteiger partial charge >= 0.3 is 0 Å². The molecule has 1 aromatic heterocycles. The fourth-order valence-corrected chi connectivity index (χ4v) is 3.22. The molecule has 1 heterocycles. The molecule has 8 nitrogen and oxygen atoms in total. The maximum absolute atomic E-state index is 13.1. The van der Waals surface area contributed by atoms with E-state index in [1.54, 1.807) is 19.2 Å². The highest BCUT2D eigenvalue weighted by Crippen LogP contribution is 2.35. The van der Waals surface area contributed by atoms with Gasteiger partial charge in [0.25, 0.3) is 5.91 Å². The highest BCUT2D eigenvalue weighted by molar-refractivity contribution is 5.97. The smallest absolute Gasteiger partial charge is 0.257 e. The molecule has 3 rings (SSSR count). The molecule has 0 fully saturated rings. The summed E-state index contributed by atoms with van der Waals surface area (Å²) in [5.74, 6) is 1.74. The Bertz CT molecular complexity index is 1080. The Kier molecular flexibility index (Phi) is 6.72. The third-order valence-corrected chi connectivity index (χ3v) is 5.12. The van der Waals surface area contributed by atoms with E-state index >= 15 is 0 Å². The molecule has 3 aromatic rings. The first kappa shape index (κ1) is 23.1. The van der Waals surface area contributed by atoms with E-state index in [9.17, 15) is 4.79 Å². The number of hydrogen-bond donors (Lipinski definition) is 0. The number of rotatable bonds is 7. The lowest BCUT2D eigenvalue weighted by Crippen LogP contribution is -2.26. The number of benzene rings is 2. The van der Waals surface area contributed by atoms with Crippen LogP contribution < -0.4 is 14.2 Å². The molecule has 0 saturated carbocycles. The Hall–Kier alpha value is -3.55. The van der Waals surface area contributed by atoms with Crippen molar-refractivity contribution in [2.45, 2.75) is 32.7 Å². The average molecular weight is 440 g/mol. The van der Waals surface area contributed by atoms with Gasteiger partial charge in [-0.1, -0.05) is 32.9 Å². The van der Waals surface area contributed by atoms with Crippen molar-refractivity contribution in [3.8, 4) is 28.7 Å². The van der Waals surface area contributed by atoms with Gasteiger partial charge in [-0.05, 0) is 23.1 Å². The number of hydrogen-bond acceptors (Lipinski definition) is 7. The Morgan fingerprint density at radius 3 is 2.09 bits per heavy atom. The molecular weight excluding hydrogens is 410 g/mol. The number of carbonyl (C=O) groups is 1. The Labute approximate surface area is 188 Å². The minimum Gasteiger partial charge on any atom is -0.496 e. The van der Waals surface area contributed by atoms with Crippen LogP contribution in [0.15, 0.2) is 40.8 Å². The molecule has 8 heteroatoms. The molecule has 1 amide bonds. The van der Waals surface area contributed by atoms with Crippen LogP contribution in [0.1, 0.15) is 42.6 Å². The van der Waals surface area contributed by atoms with E-state index in [1.165, 1.54) is 31.8 Å². The number of ether oxygens (including phenoxy) is 3. The van der Waals surface area contributed by atoms with Crippen molar-refractivity contribution in [2.24, 2.45) is 0 Å². The van der Waals surface area contributed by atoms with Crippen LogP contribution in [-0.4, -0.2) is 49.4 Å². The summed E-state index contributed by atoms with van der Waals surface area (Å²) in [7, 11) is 6.18. The summed E-state index contributed by atoms with van der Waals surface area (Å²) in [5.41, 5.74) is 2.44. The third kappa shape index (κ3) is 4.85. The van der Waals surface area contributed by atoms with Crippen LogP contribution in [0.5, 0.6) is 17.2 Å². The first-order chi connectivity index (χ1) is 15.2. The normalized spacial score (nSPS) is 11.2. The predicted octanol–water partition coefficient (Wildman–Crippen LogP) is 4.33. The highest BCUT2D eigenvalue weighted by Gasteiger charge is 2.22. The van der Waals surface area contributed by atoms with Gasteiger partial charge in [0.15, 0.2) is 11.5 Å². The zero-order chi connectivity index (χ0) is 23.5. The Morgan fingerprint density at radius 1 is 0.938 bits per heavy atom. The zero-order valence-electron chi connectivity index (χ0n) is 19.6. The highest BCUT2D eigenvalue weighted by atomic mass is 16.5. The second-order valence-corrected chi connectivity index (χ2v) is 8.40. The van der Waals surface area contributed by atoms with E-state index in [-0.39, 0.29) is 17.9 Å². The third-order valence-electron chi connectivity index (χ3n) is 5.12. The van der Waals surface area contributed by atoms with E-state index in [4.69, 9.17) is 18.6 Å². The van der Waals surface area contributed by atoms with Gasteiger partial charge in [0.1, 0.15) is 5.75 Å². The average Bonchev–Trinajstić information content (AvgIpc) is 3.25. The van der Waals surface area contributed by atoms with E-state index in [0.29, 0.717) is 34.6 Å². The van der Waals surface area contributed by atoms with Crippen molar-refractivity contribution in [1.82, 2.24) is 15.1 Å². The molecule has 0 saturated heterocycles. The molecule has 0 N–H and O–H groups in total. The number of methoxy groups -OCH3 is 3. The Balaban J connectivity index is 1.78. The summed E-state index contributed by atoms with van der Waals surface area (Å²) in [6.07, 6.45) is 0. The van der Waals surface area contributed by atoms with Crippen LogP contribution in [0.25, 0.3) is 11.5 Å². The van der Waals surface area contributed by atoms with Gasteiger partial charge in [-0.3, -0.25) is 4.79 Å².